The van der Waals surface area contributed by atoms with Gasteiger partial charge in [-0.1, -0.05) is 31.7 Å². The SMILES string of the molecule is CC(C)CCNC(=O)C1CCN(c2ccc(Sc3cccc(F)c3)nn2)CC1. The first kappa shape index (κ1) is 20.6. The van der Waals surface area contributed by atoms with Crippen molar-refractivity contribution in [1.82, 2.24) is 15.5 Å². The van der Waals surface area contributed by atoms with Crippen molar-refractivity contribution in [1.29, 1.82) is 0 Å². The number of hydrogen-bond acceptors (Lipinski definition) is 5. The maximum absolute atomic E-state index is 13.3. The molecule has 0 spiro atoms. The van der Waals surface area contributed by atoms with E-state index in [0.717, 1.165) is 54.6 Å². The van der Waals surface area contributed by atoms with Crippen LogP contribution in [0.4, 0.5) is 10.2 Å². The van der Waals surface area contributed by atoms with E-state index in [-0.39, 0.29) is 17.6 Å². The Morgan fingerprint density at radius 1 is 1.25 bits per heavy atom. The number of halogens is 1. The topological polar surface area (TPSA) is 58.1 Å². The standard InChI is InChI=1S/C21H27FN4OS/c1-15(2)8-11-23-21(27)16-9-12-26(13-10-16)19-6-7-20(25-24-19)28-18-5-3-4-17(22)14-18/h3-7,14-16H,8-13H2,1-2H3,(H,23,27). The van der Waals surface area contributed by atoms with Crippen molar-refractivity contribution < 1.29 is 9.18 Å². The lowest BCUT2D eigenvalue weighted by Gasteiger charge is -2.31. The Kier molecular flexibility index (Phi) is 7.25. The number of anilines is 1. The van der Waals surface area contributed by atoms with Crippen LogP contribution in [0.15, 0.2) is 46.3 Å². The average Bonchev–Trinajstić information content (AvgIpc) is 2.68. The van der Waals surface area contributed by atoms with Gasteiger partial charge in [0.05, 0.1) is 0 Å². The van der Waals surface area contributed by atoms with Crippen LogP contribution in [0.1, 0.15) is 33.1 Å². The minimum absolute atomic E-state index is 0.0826. The minimum Gasteiger partial charge on any atom is -0.356 e. The van der Waals surface area contributed by atoms with Gasteiger partial charge < -0.3 is 10.2 Å². The summed E-state index contributed by atoms with van der Waals surface area (Å²) in [6.07, 6.45) is 2.67. The molecule has 0 atom stereocenters. The number of carbonyl (C=O) groups excluding carboxylic acids is 1. The zero-order chi connectivity index (χ0) is 19.9. The van der Waals surface area contributed by atoms with Gasteiger partial charge in [0.25, 0.3) is 0 Å². The smallest absolute Gasteiger partial charge is 0.223 e. The third-order valence-corrected chi connectivity index (χ3v) is 5.77. The molecule has 1 N–H and O–H groups in total. The average molecular weight is 403 g/mol. The summed E-state index contributed by atoms with van der Waals surface area (Å²) in [6.45, 7) is 6.68. The van der Waals surface area contributed by atoms with Crippen molar-refractivity contribution in [2.24, 2.45) is 11.8 Å². The maximum atomic E-state index is 13.3. The molecule has 0 bridgehead atoms. The van der Waals surface area contributed by atoms with E-state index in [1.165, 1.54) is 23.9 Å². The summed E-state index contributed by atoms with van der Waals surface area (Å²) in [6, 6.07) is 10.3. The molecule has 3 rings (SSSR count). The third kappa shape index (κ3) is 5.92. The summed E-state index contributed by atoms with van der Waals surface area (Å²) in [5, 5.41) is 12.4. The normalized spacial score (nSPS) is 15.1. The predicted molar refractivity (Wildman–Crippen MR) is 110 cm³/mol. The zero-order valence-electron chi connectivity index (χ0n) is 16.4. The number of aromatic nitrogens is 2. The molecule has 7 heteroatoms. The highest BCUT2D eigenvalue weighted by atomic mass is 32.2. The van der Waals surface area contributed by atoms with Gasteiger partial charge in [0.15, 0.2) is 5.82 Å². The fourth-order valence-corrected chi connectivity index (χ4v) is 3.96. The van der Waals surface area contributed by atoms with E-state index in [4.69, 9.17) is 0 Å². The molecule has 1 aliphatic heterocycles. The Morgan fingerprint density at radius 2 is 2.04 bits per heavy atom. The lowest BCUT2D eigenvalue weighted by Crippen LogP contribution is -2.41. The number of carbonyl (C=O) groups is 1. The fraction of sp³-hybridized carbons (Fsp3) is 0.476. The first-order valence-corrected chi connectivity index (χ1v) is 10.6. The molecule has 2 heterocycles. The highest BCUT2D eigenvalue weighted by Gasteiger charge is 2.25. The van der Waals surface area contributed by atoms with Gasteiger partial charge in [0.1, 0.15) is 10.8 Å². The molecule has 1 fully saturated rings. The van der Waals surface area contributed by atoms with E-state index in [1.54, 1.807) is 6.07 Å². The molecular formula is C21H27FN4OS. The number of rotatable bonds is 7. The van der Waals surface area contributed by atoms with Gasteiger partial charge in [-0.25, -0.2) is 4.39 Å². The van der Waals surface area contributed by atoms with Crippen LogP contribution in [0, 0.1) is 17.7 Å². The second kappa shape index (κ2) is 9.87. The van der Waals surface area contributed by atoms with Crippen LogP contribution in [0.3, 0.4) is 0 Å². The number of piperidine rings is 1. The molecule has 0 radical (unpaired) electrons. The largest absolute Gasteiger partial charge is 0.356 e. The van der Waals surface area contributed by atoms with Crippen molar-refractivity contribution in [2.45, 2.75) is 43.0 Å². The molecule has 1 aliphatic rings. The fourth-order valence-electron chi connectivity index (χ4n) is 3.19. The van der Waals surface area contributed by atoms with Gasteiger partial charge in [-0.05, 0) is 55.5 Å². The quantitative estimate of drug-likeness (QED) is 0.754. The Bertz CT molecular complexity index is 776. The number of hydrogen-bond donors (Lipinski definition) is 1. The molecule has 0 aliphatic carbocycles. The molecule has 5 nitrogen and oxygen atoms in total. The Hall–Kier alpha value is -2.15. The first-order chi connectivity index (χ1) is 13.5. The van der Waals surface area contributed by atoms with Crippen molar-refractivity contribution in [3.8, 4) is 0 Å². The van der Waals surface area contributed by atoms with Crippen molar-refractivity contribution in [3.05, 3.63) is 42.2 Å². The van der Waals surface area contributed by atoms with E-state index in [0.29, 0.717) is 5.92 Å². The second-order valence-electron chi connectivity index (χ2n) is 7.52. The monoisotopic (exact) mass is 402 g/mol. The van der Waals surface area contributed by atoms with Crippen LogP contribution in [-0.2, 0) is 4.79 Å². The summed E-state index contributed by atoms with van der Waals surface area (Å²) in [4.78, 5) is 15.2. The molecule has 1 aromatic carbocycles. The van der Waals surface area contributed by atoms with Crippen LogP contribution in [0.25, 0.3) is 0 Å². The van der Waals surface area contributed by atoms with Crippen molar-refractivity contribution in [3.63, 3.8) is 0 Å². The van der Waals surface area contributed by atoms with E-state index >= 15 is 0 Å². The molecule has 28 heavy (non-hydrogen) atoms. The van der Waals surface area contributed by atoms with Crippen molar-refractivity contribution in [2.75, 3.05) is 24.5 Å². The molecule has 150 valence electrons. The number of benzene rings is 1. The van der Waals surface area contributed by atoms with Crippen LogP contribution < -0.4 is 10.2 Å². The Labute approximate surface area is 170 Å². The van der Waals surface area contributed by atoms with Crippen LogP contribution in [-0.4, -0.2) is 35.7 Å². The Balaban J connectivity index is 1.48. The van der Waals surface area contributed by atoms with E-state index in [2.05, 4.69) is 34.3 Å². The molecule has 2 aromatic rings. The first-order valence-electron chi connectivity index (χ1n) is 9.81. The molecule has 0 saturated carbocycles. The number of nitrogens with zero attached hydrogens (tertiary/aromatic N) is 3. The minimum atomic E-state index is -0.259. The van der Waals surface area contributed by atoms with Gasteiger partial charge in [0.2, 0.25) is 5.91 Å². The van der Waals surface area contributed by atoms with Gasteiger partial charge in [-0.3, -0.25) is 4.79 Å². The summed E-state index contributed by atoms with van der Waals surface area (Å²) >= 11 is 1.39. The van der Waals surface area contributed by atoms with Gasteiger partial charge in [-0.15, -0.1) is 10.2 Å². The summed E-state index contributed by atoms with van der Waals surface area (Å²) in [5.74, 6) is 1.42. The molecule has 0 unspecified atom stereocenters. The number of amides is 1. The van der Waals surface area contributed by atoms with Gasteiger partial charge in [-0.2, -0.15) is 0 Å². The highest BCUT2D eigenvalue weighted by Crippen LogP contribution is 2.27. The van der Waals surface area contributed by atoms with Crippen molar-refractivity contribution >= 4 is 23.5 Å². The summed E-state index contributed by atoms with van der Waals surface area (Å²) in [7, 11) is 0. The summed E-state index contributed by atoms with van der Waals surface area (Å²) < 4.78 is 13.3. The molecule has 1 saturated heterocycles. The third-order valence-electron chi connectivity index (χ3n) is 4.86. The van der Waals surface area contributed by atoms with E-state index in [1.807, 2.05) is 18.2 Å². The molecular weight excluding hydrogens is 375 g/mol. The summed E-state index contributed by atoms with van der Waals surface area (Å²) in [5.41, 5.74) is 0. The van der Waals surface area contributed by atoms with E-state index in [9.17, 15) is 9.18 Å². The zero-order valence-corrected chi connectivity index (χ0v) is 17.2. The van der Waals surface area contributed by atoms with Crippen LogP contribution >= 0.6 is 11.8 Å². The Morgan fingerprint density at radius 3 is 2.68 bits per heavy atom. The number of nitrogens with one attached hydrogen (secondary N) is 1. The molecule has 1 aromatic heterocycles. The highest BCUT2D eigenvalue weighted by molar-refractivity contribution is 7.99. The van der Waals surface area contributed by atoms with Gasteiger partial charge >= 0.3 is 0 Å². The van der Waals surface area contributed by atoms with Crippen LogP contribution in [0.2, 0.25) is 0 Å². The molecule has 1 amide bonds. The lowest BCUT2D eigenvalue weighted by molar-refractivity contribution is -0.125. The lowest BCUT2D eigenvalue weighted by atomic mass is 9.96. The van der Waals surface area contributed by atoms with E-state index < -0.39 is 0 Å². The van der Waals surface area contributed by atoms with Crippen LogP contribution in [0.5, 0.6) is 0 Å². The second-order valence-corrected chi connectivity index (χ2v) is 8.62. The predicted octanol–water partition coefficient (Wildman–Crippen LogP) is 4.15. The maximum Gasteiger partial charge on any atom is 0.223 e. The van der Waals surface area contributed by atoms with Gasteiger partial charge in [0, 0.05) is 30.4 Å².